The summed E-state index contributed by atoms with van der Waals surface area (Å²) >= 11 is 0. The Bertz CT molecular complexity index is 336. The van der Waals surface area contributed by atoms with E-state index in [1.807, 2.05) is 38.2 Å². The summed E-state index contributed by atoms with van der Waals surface area (Å²) in [7, 11) is 1.86. The Balaban J connectivity index is 2.37. The first-order chi connectivity index (χ1) is 8.26. The van der Waals surface area contributed by atoms with E-state index < -0.39 is 0 Å². The van der Waals surface area contributed by atoms with Gasteiger partial charge in [-0.2, -0.15) is 0 Å². The normalized spacial score (nSPS) is 10.0. The topological polar surface area (TPSA) is 50.4 Å². The summed E-state index contributed by atoms with van der Waals surface area (Å²) in [5.41, 5.74) is 0.996. The second kappa shape index (κ2) is 7.68. The smallest absolute Gasteiger partial charge is 0.224 e. The molecule has 0 aliphatic carbocycles. The summed E-state index contributed by atoms with van der Waals surface area (Å²) in [6.45, 7) is 4.05. The molecular weight excluding hydrogens is 216 g/mol. The minimum Gasteiger partial charge on any atom is -0.494 e. The van der Waals surface area contributed by atoms with Crippen LogP contribution in [0.1, 0.15) is 12.5 Å². The van der Waals surface area contributed by atoms with Crippen LogP contribution in [0.4, 0.5) is 0 Å². The predicted octanol–water partition coefficient (Wildman–Crippen LogP) is 0.963. The molecule has 2 N–H and O–H groups in total. The summed E-state index contributed by atoms with van der Waals surface area (Å²) < 4.78 is 5.34. The molecule has 0 bridgehead atoms. The highest BCUT2D eigenvalue weighted by molar-refractivity contribution is 5.78. The van der Waals surface area contributed by atoms with Gasteiger partial charge >= 0.3 is 0 Å². The van der Waals surface area contributed by atoms with Crippen LogP contribution >= 0.6 is 0 Å². The van der Waals surface area contributed by atoms with Gasteiger partial charge in [0.05, 0.1) is 13.0 Å². The largest absolute Gasteiger partial charge is 0.494 e. The molecule has 0 aliphatic rings. The molecule has 0 atom stereocenters. The number of likely N-dealkylation sites (N-methyl/N-ethyl adjacent to an activating group) is 1. The monoisotopic (exact) mass is 236 g/mol. The van der Waals surface area contributed by atoms with E-state index >= 15 is 0 Å². The van der Waals surface area contributed by atoms with Gasteiger partial charge in [-0.15, -0.1) is 0 Å². The first-order valence-electron chi connectivity index (χ1n) is 5.89. The fourth-order valence-corrected chi connectivity index (χ4v) is 1.45. The third kappa shape index (κ3) is 5.36. The van der Waals surface area contributed by atoms with E-state index in [1.165, 1.54) is 0 Å². The number of nitrogens with one attached hydrogen (secondary N) is 2. The maximum Gasteiger partial charge on any atom is 0.224 e. The highest BCUT2D eigenvalue weighted by Gasteiger charge is 2.02. The van der Waals surface area contributed by atoms with Crippen molar-refractivity contribution < 1.29 is 9.53 Å². The lowest BCUT2D eigenvalue weighted by Crippen LogP contribution is -2.31. The van der Waals surface area contributed by atoms with Crippen LogP contribution in [0.25, 0.3) is 0 Å². The van der Waals surface area contributed by atoms with Crippen LogP contribution in [0.3, 0.4) is 0 Å². The van der Waals surface area contributed by atoms with E-state index in [0.717, 1.165) is 17.9 Å². The molecule has 1 rings (SSSR count). The zero-order valence-electron chi connectivity index (χ0n) is 10.5. The molecule has 4 nitrogen and oxygen atoms in total. The zero-order valence-corrected chi connectivity index (χ0v) is 10.5. The molecule has 1 amide bonds. The molecular formula is C13H20N2O2. The van der Waals surface area contributed by atoms with E-state index in [2.05, 4.69) is 10.6 Å². The number of ether oxygens (including phenoxy) is 1. The molecule has 0 heterocycles. The molecule has 0 unspecified atom stereocenters. The highest BCUT2D eigenvalue weighted by atomic mass is 16.5. The third-order valence-electron chi connectivity index (χ3n) is 2.30. The lowest BCUT2D eigenvalue weighted by molar-refractivity contribution is -0.120. The summed E-state index contributed by atoms with van der Waals surface area (Å²) in [6.07, 6.45) is 0.413. The lowest BCUT2D eigenvalue weighted by atomic mass is 10.1. The van der Waals surface area contributed by atoms with Crippen molar-refractivity contribution in [3.8, 4) is 5.75 Å². The molecule has 17 heavy (non-hydrogen) atoms. The van der Waals surface area contributed by atoms with Crippen LogP contribution in [0.15, 0.2) is 24.3 Å². The van der Waals surface area contributed by atoms with Crippen molar-refractivity contribution >= 4 is 5.91 Å². The van der Waals surface area contributed by atoms with Crippen LogP contribution in [-0.4, -0.2) is 32.7 Å². The van der Waals surface area contributed by atoms with Crippen molar-refractivity contribution in [2.75, 3.05) is 26.7 Å². The van der Waals surface area contributed by atoms with Crippen LogP contribution in [-0.2, 0) is 11.2 Å². The molecule has 0 saturated carbocycles. The highest BCUT2D eigenvalue weighted by Crippen LogP contribution is 2.12. The standard InChI is InChI=1S/C13H20N2O2/c1-3-17-12-6-4-11(5-7-12)10-13(16)15-9-8-14-2/h4-7,14H,3,8-10H2,1-2H3,(H,15,16). The Labute approximate surface area is 102 Å². The van der Waals surface area contributed by atoms with Gasteiger partial charge in [-0.05, 0) is 31.7 Å². The number of carbonyl (C=O) groups excluding carboxylic acids is 1. The number of amides is 1. The summed E-state index contributed by atoms with van der Waals surface area (Å²) in [5.74, 6) is 0.885. The van der Waals surface area contributed by atoms with Crippen molar-refractivity contribution in [2.45, 2.75) is 13.3 Å². The van der Waals surface area contributed by atoms with Gasteiger partial charge in [0, 0.05) is 13.1 Å². The Morgan fingerprint density at radius 1 is 1.24 bits per heavy atom. The maximum atomic E-state index is 11.5. The molecule has 0 saturated heterocycles. The lowest BCUT2D eigenvalue weighted by Gasteiger charge is -2.06. The van der Waals surface area contributed by atoms with E-state index in [0.29, 0.717) is 19.6 Å². The van der Waals surface area contributed by atoms with Crippen molar-refractivity contribution in [1.29, 1.82) is 0 Å². The van der Waals surface area contributed by atoms with Crippen molar-refractivity contribution in [3.63, 3.8) is 0 Å². The molecule has 4 heteroatoms. The van der Waals surface area contributed by atoms with Crippen LogP contribution in [0, 0.1) is 0 Å². The van der Waals surface area contributed by atoms with Crippen LogP contribution in [0.2, 0.25) is 0 Å². The molecule has 0 fully saturated rings. The molecule has 0 aromatic heterocycles. The zero-order chi connectivity index (χ0) is 12.5. The van der Waals surface area contributed by atoms with Gasteiger partial charge < -0.3 is 15.4 Å². The van der Waals surface area contributed by atoms with Crippen molar-refractivity contribution in [1.82, 2.24) is 10.6 Å². The first kappa shape index (κ1) is 13.5. The second-order valence-corrected chi connectivity index (χ2v) is 3.71. The molecule has 1 aromatic carbocycles. The summed E-state index contributed by atoms with van der Waals surface area (Å²) in [4.78, 5) is 11.5. The average molecular weight is 236 g/mol. The van der Waals surface area contributed by atoms with E-state index in [9.17, 15) is 4.79 Å². The summed E-state index contributed by atoms with van der Waals surface area (Å²) in [6, 6.07) is 7.62. The second-order valence-electron chi connectivity index (χ2n) is 3.71. The maximum absolute atomic E-state index is 11.5. The SMILES string of the molecule is CCOc1ccc(CC(=O)NCCNC)cc1. The number of hydrogen-bond donors (Lipinski definition) is 2. The predicted molar refractivity (Wildman–Crippen MR) is 68.3 cm³/mol. The van der Waals surface area contributed by atoms with E-state index in [1.54, 1.807) is 0 Å². The third-order valence-corrected chi connectivity index (χ3v) is 2.30. The van der Waals surface area contributed by atoms with Gasteiger partial charge in [-0.1, -0.05) is 12.1 Å². The van der Waals surface area contributed by atoms with Gasteiger partial charge in [0.1, 0.15) is 5.75 Å². The molecule has 0 spiro atoms. The molecule has 0 radical (unpaired) electrons. The number of rotatable bonds is 7. The van der Waals surface area contributed by atoms with Gasteiger partial charge in [-0.3, -0.25) is 4.79 Å². The van der Waals surface area contributed by atoms with Gasteiger partial charge in [0.25, 0.3) is 0 Å². The van der Waals surface area contributed by atoms with Crippen molar-refractivity contribution in [2.24, 2.45) is 0 Å². The first-order valence-corrected chi connectivity index (χ1v) is 5.89. The molecule has 94 valence electrons. The van der Waals surface area contributed by atoms with Gasteiger partial charge in [0.2, 0.25) is 5.91 Å². The minimum absolute atomic E-state index is 0.0457. The number of benzene rings is 1. The molecule has 0 aliphatic heterocycles. The fourth-order valence-electron chi connectivity index (χ4n) is 1.45. The van der Waals surface area contributed by atoms with Crippen molar-refractivity contribution in [3.05, 3.63) is 29.8 Å². The Morgan fingerprint density at radius 3 is 2.53 bits per heavy atom. The summed E-state index contributed by atoms with van der Waals surface area (Å²) in [5, 5.41) is 5.82. The fraction of sp³-hybridized carbons (Fsp3) is 0.462. The quantitative estimate of drug-likeness (QED) is 0.693. The molecule has 1 aromatic rings. The van der Waals surface area contributed by atoms with Gasteiger partial charge in [-0.25, -0.2) is 0 Å². The number of hydrogen-bond acceptors (Lipinski definition) is 3. The van der Waals surface area contributed by atoms with Gasteiger partial charge in [0.15, 0.2) is 0 Å². The van der Waals surface area contributed by atoms with Crippen LogP contribution in [0.5, 0.6) is 5.75 Å². The van der Waals surface area contributed by atoms with E-state index in [-0.39, 0.29) is 5.91 Å². The Kier molecular flexibility index (Phi) is 6.10. The Hall–Kier alpha value is -1.55. The Morgan fingerprint density at radius 2 is 1.94 bits per heavy atom. The minimum atomic E-state index is 0.0457. The number of carbonyl (C=O) groups is 1. The average Bonchev–Trinajstić information content (AvgIpc) is 2.32. The van der Waals surface area contributed by atoms with E-state index in [4.69, 9.17) is 4.74 Å². The van der Waals surface area contributed by atoms with Crippen LogP contribution < -0.4 is 15.4 Å².